The summed E-state index contributed by atoms with van der Waals surface area (Å²) in [7, 11) is 0. The lowest BCUT2D eigenvalue weighted by atomic mass is 9.85. The van der Waals surface area contributed by atoms with Crippen molar-refractivity contribution in [1.29, 1.82) is 0 Å². The SMILES string of the molecule is C(=C(\c1ccccc1)c1ccccc1-c1ccccc1/C(=C\c1ccccc1)c1ccccc1)/c1ccccc1. The van der Waals surface area contributed by atoms with E-state index in [1.807, 2.05) is 0 Å². The molecule has 0 aliphatic heterocycles. The molecule has 0 radical (unpaired) electrons. The van der Waals surface area contributed by atoms with Crippen LogP contribution >= 0.6 is 0 Å². The van der Waals surface area contributed by atoms with Crippen LogP contribution in [-0.4, -0.2) is 0 Å². The average Bonchev–Trinajstić information content (AvgIpc) is 3.04. The van der Waals surface area contributed by atoms with E-state index in [0.29, 0.717) is 0 Å². The van der Waals surface area contributed by atoms with Gasteiger partial charge in [0.15, 0.2) is 0 Å². The van der Waals surface area contributed by atoms with Crippen LogP contribution in [0.15, 0.2) is 170 Å². The van der Waals surface area contributed by atoms with E-state index in [1.54, 1.807) is 0 Å². The Kier molecular flexibility index (Phi) is 7.60. The van der Waals surface area contributed by atoms with Gasteiger partial charge in [-0.25, -0.2) is 0 Å². The fourth-order valence-electron chi connectivity index (χ4n) is 5.21. The van der Waals surface area contributed by atoms with E-state index in [1.165, 1.54) is 55.7 Å². The molecule has 0 spiro atoms. The van der Waals surface area contributed by atoms with Crippen LogP contribution < -0.4 is 0 Å². The van der Waals surface area contributed by atoms with Crippen LogP contribution in [0.2, 0.25) is 0 Å². The fourth-order valence-corrected chi connectivity index (χ4v) is 5.21. The molecule has 6 aromatic rings. The number of hydrogen-bond acceptors (Lipinski definition) is 0. The Morgan fingerprint density at radius 3 is 0.975 bits per heavy atom. The maximum atomic E-state index is 2.30. The van der Waals surface area contributed by atoms with Crippen molar-refractivity contribution < 1.29 is 0 Å². The van der Waals surface area contributed by atoms with Crippen molar-refractivity contribution in [3.05, 3.63) is 203 Å². The highest BCUT2D eigenvalue weighted by Crippen LogP contribution is 2.39. The Balaban J connectivity index is 1.58. The summed E-state index contributed by atoms with van der Waals surface area (Å²) in [5.74, 6) is 0. The summed E-state index contributed by atoms with van der Waals surface area (Å²) in [6.45, 7) is 0. The minimum absolute atomic E-state index is 1.18. The van der Waals surface area contributed by atoms with Gasteiger partial charge < -0.3 is 0 Å². The van der Waals surface area contributed by atoms with Crippen LogP contribution in [-0.2, 0) is 0 Å². The minimum atomic E-state index is 1.18. The summed E-state index contributed by atoms with van der Waals surface area (Å²) in [6, 6.07) is 60.1. The van der Waals surface area contributed by atoms with Crippen LogP contribution in [0.4, 0.5) is 0 Å². The molecule has 190 valence electrons. The Hall–Kier alpha value is -5.20. The van der Waals surface area contributed by atoms with Crippen LogP contribution in [0.3, 0.4) is 0 Å². The smallest absolute Gasteiger partial charge is 0.00990 e. The molecule has 0 atom stereocenters. The van der Waals surface area contributed by atoms with Gasteiger partial charge in [0.25, 0.3) is 0 Å². The maximum Gasteiger partial charge on any atom is -0.00990 e. The molecule has 0 aliphatic carbocycles. The number of benzene rings is 6. The normalized spacial score (nSPS) is 11.8. The van der Waals surface area contributed by atoms with Crippen molar-refractivity contribution in [1.82, 2.24) is 0 Å². The Labute approximate surface area is 237 Å². The summed E-state index contributed by atoms with van der Waals surface area (Å²) in [4.78, 5) is 0. The summed E-state index contributed by atoms with van der Waals surface area (Å²) in [6.07, 6.45) is 4.60. The van der Waals surface area contributed by atoms with Crippen molar-refractivity contribution in [3.63, 3.8) is 0 Å². The van der Waals surface area contributed by atoms with Gasteiger partial charge in [-0.15, -0.1) is 0 Å². The van der Waals surface area contributed by atoms with Gasteiger partial charge in [-0.2, -0.15) is 0 Å². The summed E-state index contributed by atoms with van der Waals surface area (Å²) in [5.41, 5.74) is 12.0. The highest BCUT2D eigenvalue weighted by Gasteiger charge is 2.17. The lowest BCUT2D eigenvalue weighted by Gasteiger charge is -2.19. The molecule has 0 amide bonds. The van der Waals surface area contributed by atoms with E-state index in [2.05, 4.69) is 182 Å². The average molecular weight is 511 g/mol. The van der Waals surface area contributed by atoms with E-state index in [9.17, 15) is 0 Å². The third-order valence-electron chi connectivity index (χ3n) is 7.12. The molecule has 6 rings (SSSR count). The largest absolute Gasteiger partial charge is 0.0622 e. The quantitative estimate of drug-likeness (QED) is 0.187. The molecule has 0 saturated heterocycles. The lowest BCUT2D eigenvalue weighted by molar-refractivity contribution is 1.50. The monoisotopic (exact) mass is 510 g/mol. The predicted octanol–water partition coefficient (Wildman–Crippen LogP) is 10.5. The van der Waals surface area contributed by atoms with Gasteiger partial charge in [-0.3, -0.25) is 0 Å². The predicted molar refractivity (Wildman–Crippen MR) is 172 cm³/mol. The molecule has 0 saturated carbocycles. The standard InChI is InChI=1S/C40H30/c1-5-17-31(18-6-1)29-39(33-21-9-3-10-22-33)37-27-15-13-25-35(37)36-26-14-16-28-38(36)40(34-23-11-4-12-24-34)30-32-19-7-2-8-20-32/h1-30H/b39-29-,40-30-. The molecule has 0 aliphatic rings. The van der Waals surface area contributed by atoms with E-state index in [0.717, 1.165) is 0 Å². The lowest BCUT2D eigenvalue weighted by Crippen LogP contribution is -1.97. The Morgan fingerprint density at radius 2 is 0.600 bits per heavy atom. The molecule has 0 bridgehead atoms. The third kappa shape index (κ3) is 5.62. The molecule has 0 unspecified atom stereocenters. The molecule has 0 nitrogen and oxygen atoms in total. The number of rotatable bonds is 7. The molecule has 40 heavy (non-hydrogen) atoms. The zero-order valence-corrected chi connectivity index (χ0v) is 22.3. The molecular formula is C40H30. The number of hydrogen-bond donors (Lipinski definition) is 0. The van der Waals surface area contributed by atoms with Crippen molar-refractivity contribution in [2.45, 2.75) is 0 Å². The van der Waals surface area contributed by atoms with E-state index in [-0.39, 0.29) is 0 Å². The minimum Gasteiger partial charge on any atom is -0.0622 e. The summed E-state index contributed by atoms with van der Waals surface area (Å²) in [5, 5.41) is 0. The third-order valence-corrected chi connectivity index (χ3v) is 7.12. The second kappa shape index (κ2) is 12.1. The second-order valence-electron chi connectivity index (χ2n) is 9.76. The molecule has 0 aromatic heterocycles. The van der Waals surface area contributed by atoms with Crippen molar-refractivity contribution in [2.24, 2.45) is 0 Å². The first-order valence-corrected chi connectivity index (χ1v) is 13.7. The first kappa shape index (κ1) is 25.1. The van der Waals surface area contributed by atoms with Gasteiger partial charge in [0, 0.05) is 0 Å². The van der Waals surface area contributed by atoms with E-state index < -0.39 is 0 Å². The van der Waals surface area contributed by atoms with Crippen molar-refractivity contribution >= 4 is 23.3 Å². The fraction of sp³-hybridized carbons (Fsp3) is 0. The maximum absolute atomic E-state index is 2.30. The topological polar surface area (TPSA) is 0 Å². The van der Waals surface area contributed by atoms with Gasteiger partial charge in [0.1, 0.15) is 0 Å². The van der Waals surface area contributed by atoms with Crippen molar-refractivity contribution in [3.8, 4) is 11.1 Å². The summed E-state index contributed by atoms with van der Waals surface area (Å²) < 4.78 is 0. The van der Waals surface area contributed by atoms with Crippen LogP contribution in [0.5, 0.6) is 0 Å². The second-order valence-corrected chi connectivity index (χ2v) is 9.76. The zero-order valence-electron chi connectivity index (χ0n) is 22.3. The van der Waals surface area contributed by atoms with Crippen LogP contribution in [0.1, 0.15) is 33.4 Å². The van der Waals surface area contributed by atoms with Crippen LogP contribution in [0, 0.1) is 0 Å². The van der Waals surface area contributed by atoms with E-state index in [4.69, 9.17) is 0 Å². The van der Waals surface area contributed by atoms with E-state index >= 15 is 0 Å². The molecular weight excluding hydrogens is 480 g/mol. The van der Waals surface area contributed by atoms with Gasteiger partial charge in [-0.05, 0) is 67.8 Å². The van der Waals surface area contributed by atoms with Gasteiger partial charge in [0.2, 0.25) is 0 Å². The van der Waals surface area contributed by atoms with Crippen LogP contribution in [0.25, 0.3) is 34.4 Å². The van der Waals surface area contributed by atoms with Gasteiger partial charge >= 0.3 is 0 Å². The highest BCUT2D eigenvalue weighted by atomic mass is 14.2. The Bertz CT molecular complexity index is 1610. The Morgan fingerprint density at radius 1 is 0.300 bits per heavy atom. The first-order chi connectivity index (χ1) is 19.9. The van der Waals surface area contributed by atoms with Crippen molar-refractivity contribution in [2.75, 3.05) is 0 Å². The molecule has 0 heterocycles. The summed E-state index contributed by atoms with van der Waals surface area (Å²) >= 11 is 0. The first-order valence-electron chi connectivity index (χ1n) is 13.7. The molecule has 0 fully saturated rings. The molecule has 0 N–H and O–H groups in total. The highest BCUT2D eigenvalue weighted by molar-refractivity contribution is 6.01. The van der Waals surface area contributed by atoms with Gasteiger partial charge in [-0.1, -0.05) is 170 Å². The molecule has 0 heteroatoms. The van der Waals surface area contributed by atoms with Gasteiger partial charge in [0.05, 0.1) is 0 Å². The molecule has 6 aromatic carbocycles. The zero-order chi connectivity index (χ0) is 27.0.